The first-order chi connectivity index (χ1) is 12.6. The fourth-order valence-corrected chi connectivity index (χ4v) is 2.94. The van der Waals surface area contributed by atoms with Gasteiger partial charge in [0.1, 0.15) is 5.82 Å². The molecule has 1 atom stereocenters. The number of rotatable bonds is 5. The minimum atomic E-state index is -0.317. The van der Waals surface area contributed by atoms with E-state index in [1.54, 1.807) is 30.3 Å². The topological polar surface area (TPSA) is 62.4 Å². The van der Waals surface area contributed by atoms with Crippen LogP contribution in [0.3, 0.4) is 0 Å². The van der Waals surface area contributed by atoms with Crippen LogP contribution < -0.4 is 16.0 Å². The highest BCUT2D eigenvalue weighted by atomic mass is 32.1. The monoisotopic (exact) mass is 373 g/mol. The van der Waals surface area contributed by atoms with Crippen LogP contribution in [0.1, 0.15) is 23.2 Å². The zero-order valence-electron chi connectivity index (χ0n) is 14.1. The first-order valence-electron chi connectivity index (χ1n) is 8.44. The quantitative estimate of drug-likeness (QED) is 0.700. The van der Waals surface area contributed by atoms with Crippen LogP contribution in [0.15, 0.2) is 48.5 Å². The third-order valence-corrected chi connectivity index (χ3v) is 4.24. The zero-order chi connectivity index (χ0) is 18.4. The summed E-state index contributed by atoms with van der Waals surface area (Å²) in [4.78, 5) is 12.5. The Labute approximate surface area is 156 Å². The number of carbonyl (C=O) groups excluding carboxylic acids is 1. The molecular formula is C19H20FN3O2S. The molecule has 1 saturated heterocycles. The lowest BCUT2D eigenvalue weighted by atomic mass is 10.1. The number of benzene rings is 2. The number of halogens is 1. The van der Waals surface area contributed by atoms with Crippen LogP contribution in [-0.4, -0.2) is 30.3 Å². The van der Waals surface area contributed by atoms with E-state index >= 15 is 0 Å². The molecule has 7 heteroatoms. The Balaban J connectivity index is 1.61. The maximum absolute atomic E-state index is 13.0. The van der Waals surface area contributed by atoms with Gasteiger partial charge in [-0.1, -0.05) is 12.1 Å². The molecule has 0 aliphatic carbocycles. The van der Waals surface area contributed by atoms with Gasteiger partial charge < -0.3 is 20.7 Å². The molecule has 3 rings (SSSR count). The summed E-state index contributed by atoms with van der Waals surface area (Å²) in [5.74, 6) is -0.504. The lowest BCUT2D eigenvalue weighted by Gasteiger charge is -2.15. The van der Waals surface area contributed by atoms with Crippen LogP contribution in [0, 0.1) is 5.82 Å². The van der Waals surface area contributed by atoms with E-state index in [-0.39, 0.29) is 17.8 Å². The second kappa shape index (κ2) is 8.73. The second-order valence-corrected chi connectivity index (χ2v) is 6.38. The van der Waals surface area contributed by atoms with Gasteiger partial charge in [0.15, 0.2) is 5.11 Å². The summed E-state index contributed by atoms with van der Waals surface area (Å²) in [7, 11) is 0. The SMILES string of the molecule is O=C(NC[C@H]1CCCO1)c1ccccc1NC(=S)Nc1ccc(F)cc1. The number of hydrogen-bond acceptors (Lipinski definition) is 3. The zero-order valence-corrected chi connectivity index (χ0v) is 14.9. The van der Waals surface area contributed by atoms with E-state index in [1.807, 2.05) is 6.07 Å². The highest BCUT2D eigenvalue weighted by Gasteiger charge is 2.18. The van der Waals surface area contributed by atoms with Crippen molar-refractivity contribution >= 4 is 34.6 Å². The summed E-state index contributed by atoms with van der Waals surface area (Å²) >= 11 is 5.28. The third-order valence-electron chi connectivity index (χ3n) is 4.04. The normalized spacial score (nSPS) is 16.1. The summed E-state index contributed by atoms with van der Waals surface area (Å²) in [5, 5.41) is 9.20. The minimum absolute atomic E-state index is 0.0836. The van der Waals surface area contributed by atoms with E-state index in [0.29, 0.717) is 28.6 Å². The van der Waals surface area contributed by atoms with Crippen molar-refractivity contribution in [2.45, 2.75) is 18.9 Å². The van der Waals surface area contributed by atoms with E-state index in [4.69, 9.17) is 17.0 Å². The van der Waals surface area contributed by atoms with Gasteiger partial charge in [-0.3, -0.25) is 4.79 Å². The Bertz CT molecular complexity index is 777. The molecule has 136 valence electrons. The lowest BCUT2D eigenvalue weighted by molar-refractivity contribution is 0.0858. The van der Waals surface area contributed by atoms with Crippen molar-refractivity contribution in [1.29, 1.82) is 0 Å². The molecule has 26 heavy (non-hydrogen) atoms. The summed E-state index contributed by atoms with van der Waals surface area (Å²) in [6, 6.07) is 13.0. The van der Waals surface area contributed by atoms with Crippen LogP contribution in [-0.2, 0) is 4.74 Å². The molecule has 0 spiro atoms. The van der Waals surface area contributed by atoms with Gasteiger partial charge in [0.05, 0.1) is 17.4 Å². The summed E-state index contributed by atoms with van der Waals surface area (Å²) in [6.45, 7) is 1.24. The van der Waals surface area contributed by atoms with Gasteiger partial charge in [-0.25, -0.2) is 4.39 Å². The van der Waals surface area contributed by atoms with Gasteiger partial charge >= 0.3 is 0 Å². The Morgan fingerprint density at radius 1 is 1.15 bits per heavy atom. The number of ether oxygens (including phenoxy) is 1. The molecule has 1 aliphatic rings. The molecule has 1 amide bonds. The highest BCUT2D eigenvalue weighted by molar-refractivity contribution is 7.80. The molecule has 5 nitrogen and oxygen atoms in total. The predicted molar refractivity (Wildman–Crippen MR) is 104 cm³/mol. The molecule has 0 radical (unpaired) electrons. The number of carbonyl (C=O) groups is 1. The first-order valence-corrected chi connectivity index (χ1v) is 8.85. The number of thiocarbonyl (C=S) groups is 1. The van der Waals surface area contributed by atoms with Gasteiger partial charge in [0.2, 0.25) is 0 Å². The van der Waals surface area contributed by atoms with E-state index in [0.717, 1.165) is 19.4 Å². The average molecular weight is 373 g/mol. The maximum Gasteiger partial charge on any atom is 0.253 e. The van der Waals surface area contributed by atoms with Crippen molar-refractivity contribution in [3.63, 3.8) is 0 Å². The number of hydrogen-bond donors (Lipinski definition) is 3. The molecule has 0 aromatic heterocycles. The molecule has 0 unspecified atom stereocenters. The van der Waals surface area contributed by atoms with Crippen LogP contribution in [0.4, 0.5) is 15.8 Å². The highest BCUT2D eigenvalue weighted by Crippen LogP contribution is 2.17. The summed E-state index contributed by atoms with van der Waals surface area (Å²) < 4.78 is 18.5. The number of nitrogens with one attached hydrogen (secondary N) is 3. The Kier molecular flexibility index (Phi) is 6.14. The molecule has 1 aliphatic heterocycles. The number of para-hydroxylation sites is 1. The van der Waals surface area contributed by atoms with Crippen LogP contribution in [0.5, 0.6) is 0 Å². The smallest absolute Gasteiger partial charge is 0.253 e. The van der Waals surface area contributed by atoms with E-state index in [9.17, 15) is 9.18 Å². The van der Waals surface area contributed by atoms with E-state index < -0.39 is 0 Å². The summed E-state index contributed by atoms with van der Waals surface area (Å²) in [6.07, 6.45) is 2.08. The van der Waals surface area contributed by atoms with Crippen LogP contribution in [0.25, 0.3) is 0 Å². The number of anilines is 2. The molecular weight excluding hydrogens is 353 g/mol. The number of amides is 1. The fraction of sp³-hybridized carbons (Fsp3) is 0.263. The minimum Gasteiger partial charge on any atom is -0.376 e. The molecule has 0 saturated carbocycles. The van der Waals surface area contributed by atoms with Crippen molar-refractivity contribution < 1.29 is 13.9 Å². The summed E-state index contributed by atoms with van der Waals surface area (Å²) in [5.41, 5.74) is 1.75. The van der Waals surface area contributed by atoms with Crippen molar-refractivity contribution in [3.8, 4) is 0 Å². The fourth-order valence-electron chi connectivity index (χ4n) is 2.72. The Morgan fingerprint density at radius 2 is 1.92 bits per heavy atom. The van der Waals surface area contributed by atoms with Gasteiger partial charge in [0, 0.05) is 18.8 Å². The predicted octanol–water partition coefficient (Wildman–Crippen LogP) is 3.54. The standard InChI is InChI=1S/C19H20FN3O2S/c20-13-7-9-14(10-8-13)22-19(26)23-17-6-2-1-5-16(17)18(24)21-12-15-4-3-11-25-15/h1-2,5-10,15H,3-4,11-12H2,(H,21,24)(H2,22,23,26)/t15-/m1/s1. The van der Waals surface area contributed by atoms with E-state index in [2.05, 4.69) is 16.0 Å². The third kappa shape index (κ3) is 5.00. The molecule has 1 heterocycles. The van der Waals surface area contributed by atoms with Crippen molar-refractivity contribution in [2.24, 2.45) is 0 Å². The molecule has 2 aromatic rings. The van der Waals surface area contributed by atoms with Gasteiger partial charge in [-0.15, -0.1) is 0 Å². The van der Waals surface area contributed by atoms with Crippen molar-refractivity contribution in [3.05, 3.63) is 59.9 Å². The van der Waals surface area contributed by atoms with Gasteiger partial charge in [-0.2, -0.15) is 0 Å². The average Bonchev–Trinajstić information content (AvgIpc) is 3.16. The largest absolute Gasteiger partial charge is 0.376 e. The molecule has 2 aromatic carbocycles. The first kappa shape index (κ1) is 18.3. The lowest BCUT2D eigenvalue weighted by Crippen LogP contribution is -2.32. The molecule has 3 N–H and O–H groups in total. The molecule has 1 fully saturated rings. The Morgan fingerprint density at radius 3 is 2.65 bits per heavy atom. The maximum atomic E-state index is 13.0. The van der Waals surface area contributed by atoms with Crippen molar-refractivity contribution in [1.82, 2.24) is 5.32 Å². The van der Waals surface area contributed by atoms with Gasteiger partial charge in [-0.05, 0) is 61.5 Å². The van der Waals surface area contributed by atoms with Crippen LogP contribution >= 0.6 is 12.2 Å². The van der Waals surface area contributed by atoms with Crippen LogP contribution in [0.2, 0.25) is 0 Å². The van der Waals surface area contributed by atoms with E-state index in [1.165, 1.54) is 12.1 Å². The van der Waals surface area contributed by atoms with Crippen molar-refractivity contribution in [2.75, 3.05) is 23.8 Å². The Hall–Kier alpha value is -2.51. The molecule has 0 bridgehead atoms. The second-order valence-electron chi connectivity index (χ2n) is 5.98. The van der Waals surface area contributed by atoms with Gasteiger partial charge in [0.25, 0.3) is 5.91 Å².